The van der Waals surface area contributed by atoms with Gasteiger partial charge >= 0.3 is 0 Å². The zero-order chi connectivity index (χ0) is 25.9. The minimum atomic E-state index is -0.280. The summed E-state index contributed by atoms with van der Waals surface area (Å²) < 4.78 is 27.7. The normalized spacial score (nSPS) is 18.5. The van der Waals surface area contributed by atoms with Crippen LogP contribution in [-0.2, 0) is 0 Å². The van der Waals surface area contributed by atoms with E-state index in [0.717, 1.165) is 47.4 Å². The van der Waals surface area contributed by atoms with Crippen LogP contribution >= 0.6 is 0 Å². The van der Waals surface area contributed by atoms with Crippen LogP contribution in [0, 0.1) is 11.6 Å². The van der Waals surface area contributed by atoms with Crippen molar-refractivity contribution in [3.05, 3.63) is 89.6 Å². The van der Waals surface area contributed by atoms with E-state index in [9.17, 15) is 8.78 Å². The summed E-state index contributed by atoms with van der Waals surface area (Å²) in [6.45, 7) is 5.77. The highest BCUT2D eigenvalue weighted by Crippen LogP contribution is 2.37. The molecule has 2 aromatic carbocycles. The summed E-state index contributed by atoms with van der Waals surface area (Å²) >= 11 is 0. The van der Waals surface area contributed by atoms with Gasteiger partial charge in [-0.2, -0.15) is 4.98 Å². The van der Waals surface area contributed by atoms with Crippen molar-refractivity contribution < 1.29 is 8.78 Å². The number of benzene rings is 2. The Morgan fingerprint density at radius 1 is 0.892 bits per heavy atom. The van der Waals surface area contributed by atoms with E-state index in [1.807, 2.05) is 36.4 Å². The fourth-order valence-corrected chi connectivity index (χ4v) is 5.34. The molecule has 37 heavy (non-hydrogen) atoms. The average molecular weight is 504 g/mol. The number of nitrogen functional groups attached to an aromatic ring is 1. The zero-order valence-electron chi connectivity index (χ0n) is 21.0. The molecule has 2 atom stereocenters. The van der Waals surface area contributed by atoms with Crippen molar-refractivity contribution in [1.29, 1.82) is 0 Å². The molecule has 3 N–H and O–H groups in total. The highest BCUT2D eigenvalue weighted by Gasteiger charge is 2.38. The van der Waals surface area contributed by atoms with Crippen molar-refractivity contribution in [3.63, 3.8) is 0 Å². The lowest BCUT2D eigenvalue weighted by atomic mass is 9.91. The molecule has 1 saturated heterocycles. The second-order valence-electron chi connectivity index (χ2n) is 9.37. The molecule has 1 aliphatic heterocycles. The molecular weight excluding hydrogens is 472 g/mol. The standard InChI is InChI=1S/C28H31F2N7/c1-3-22-17-37(27-25-24(6-5-15-32-25)33-28(34-27)35-31)23(4-2)16-36(22)26(18-7-11-20(29)12-8-18)19-9-13-21(30)14-10-19/h5-15,22-23,26H,3-4,16-17,31H2,1-2H3,(H,33,34,35)/t22-,23+/m1/s1. The summed E-state index contributed by atoms with van der Waals surface area (Å²) in [6.07, 6.45) is 3.50. The van der Waals surface area contributed by atoms with Crippen LogP contribution in [0.5, 0.6) is 0 Å². The van der Waals surface area contributed by atoms with Crippen LogP contribution in [0.3, 0.4) is 0 Å². The molecule has 0 amide bonds. The van der Waals surface area contributed by atoms with Gasteiger partial charge in [-0.15, -0.1) is 0 Å². The maximum absolute atomic E-state index is 13.8. The lowest BCUT2D eigenvalue weighted by molar-refractivity contribution is 0.110. The fourth-order valence-electron chi connectivity index (χ4n) is 5.34. The largest absolute Gasteiger partial charge is 0.349 e. The van der Waals surface area contributed by atoms with Gasteiger partial charge in [-0.05, 0) is 60.4 Å². The molecule has 0 bridgehead atoms. The SMILES string of the molecule is CC[C@H]1CN(C(c2ccc(F)cc2)c2ccc(F)cc2)[C@H](CC)CN1c1nc(NN)nc2cccnc12. The third-order valence-corrected chi connectivity index (χ3v) is 7.22. The monoisotopic (exact) mass is 503 g/mol. The van der Waals surface area contributed by atoms with Crippen LogP contribution in [0.2, 0.25) is 0 Å². The van der Waals surface area contributed by atoms with Gasteiger partial charge < -0.3 is 4.90 Å². The quantitative estimate of drug-likeness (QED) is 0.270. The first-order valence-corrected chi connectivity index (χ1v) is 12.6. The molecule has 192 valence electrons. The Kier molecular flexibility index (Phi) is 7.25. The second-order valence-corrected chi connectivity index (χ2v) is 9.37. The first kappa shape index (κ1) is 25.0. The summed E-state index contributed by atoms with van der Waals surface area (Å²) in [5.74, 6) is 6.23. The van der Waals surface area contributed by atoms with Crippen LogP contribution in [-0.4, -0.2) is 45.0 Å². The number of rotatable bonds is 7. The Morgan fingerprint density at radius 2 is 1.51 bits per heavy atom. The van der Waals surface area contributed by atoms with Crippen molar-refractivity contribution in [2.75, 3.05) is 23.4 Å². The molecule has 4 aromatic rings. The van der Waals surface area contributed by atoms with Gasteiger partial charge in [-0.3, -0.25) is 15.3 Å². The molecule has 0 spiro atoms. The van der Waals surface area contributed by atoms with E-state index in [0.29, 0.717) is 12.5 Å². The Morgan fingerprint density at radius 3 is 2.08 bits per heavy atom. The van der Waals surface area contributed by atoms with Crippen LogP contribution < -0.4 is 16.2 Å². The van der Waals surface area contributed by atoms with Crippen LogP contribution in [0.15, 0.2) is 66.9 Å². The molecule has 0 aliphatic carbocycles. The topological polar surface area (TPSA) is 83.2 Å². The van der Waals surface area contributed by atoms with Crippen LogP contribution in [0.1, 0.15) is 43.9 Å². The Bertz CT molecular complexity index is 1300. The number of fused-ring (bicyclic) bond motifs is 1. The van der Waals surface area contributed by atoms with Gasteiger partial charge in [0, 0.05) is 31.4 Å². The summed E-state index contributed by atoms with van der Waals surface area (Å²) in [5.41, 5.74) is 5.99. The number of aromatic nitrogens is 3. The highest BCUT2D eigenvalue weighted by molar-refractivity contribution is 5.86. The second kappa shape index (κ2) is 10.7. The highest BCUT2D eigenvalue weighted by atomic mass is 19.1. The van der Waals surface area contributed by atoms with Gasteiger partial charge in [0.15, 0.2) is 5.82 Å². The number of pyridine rings is 1. The van der Waals surface area contributed by atoms with Gasteiger partial charge in [-0.1, -0.05) is 38.1 Å². The molecule has 5 rings (SSSR count). The van der Waals surface area contributed by atoms with Gasteiger partial charge in [-0.25, -0.2) is 19.6 Å². The number of nitrogens with two attached hydrogens (primary N) is 1. The maximum Gasteiger partial charge on any atom is 0.239 e. The minimum absolute atomic E-state index is 0.122. The van der Waals surface area contributed by atoms with Gasteiger partial charge in [0.1, 0.15) is 17.2 Å². The number of halogens is 2. The molecule has 0 radical (unpaired) electrons. The summed E-state index contributed by atoms with van der Waals surface area (Å²) in [7, 11) is 0. The van der Waals surface area contributed by atoms with Crippen molar-refractivity contribution >= 4 is 22.8 Å². The predicted octanol–water partition coefficient (Wildman–Crippen LogP) is 5.06. The van der Waals surface area contributed by atoms with Crippen molar-refractivity contribution in [2.45, 2.75) is 44.8 Å². The number of hydrazine groups is 1. The number of nitrogens with zero attached hydrogens (tertiary/aromatic N) is 5. The van der Waals surface area contributed by atoms with Gasteiger partial charge in [0.25, 0.3) is 0 Å². The lowest BCUT2D eigenvalue weighted by Gasteiger charge is -2.50. The summed E-state index contributed by atoms with van der Waals surface area (Å²) in [4.78, 5) is 18.6. The molecule has 9 heteroatoms. The Hall–Kier alpha value is -3.69. The molecule has 0 unspecified atom stereocenters. The van der Waals surface area contributed by atoms with Crippen LogP contribution in [0.4, 0.5) is 20.5 Å². The number of anilines is 2. The third kappa shape index (κ3) is 4.97. The van der Waals surface area contributed by atoms with Gasteiger partial charge in [0.2, 0.25) is 5.95 Å². The van der Waals surface area contributed by atoms with E-state index < -0.39 is 0 Å². The number of piperazine rings is 1. The van der Waals surface area contributed by atoms with E-state index in [1.165, 1.54) is 24.3 Å². The third-order valence-electron chi connectivity index (χ3n) is 7.22. The average Bonchev–Trinajstić information content (AvgIpc) is 2.94. The molecule has 1 fully saturated rings. The lowest BCUT2D eigenvalue weighted by Crippen LogP contribution is -2.59. The number of hydrogen-bond donors (Lipinski definition) is 2. The molecule has 7 nitrogen and oxygen atoms in total. The molecular formula is C28H31F2N7. The van der Waals surface area contributed by atoms with Gasteiger partial charge in [0.05, 0.1) is 11.6 Å². The minimum Gasteiger partial charge on any atom is -0.349 e. The van der Waals surface area contributed by atoms with E-state index >= 15 is 0 Å². The first-order valence-electron chi connectivity index (χ1n) is 12.6. The summed E-state index contributed by atoms with van der Waals surface area (Å²) in [6, 6.07) is 17.1. The predicted molar refractivity (Wildman–Crippen MR) is 142 cm³/mol. The first-order chi connectivity index (χ1) is 18.0. The van der Waals surface area contributed by atoms with E-state index in [2.05, 4.69) is 39.0 Å². The molecule has 2 aromatic heterocycles. The number of hydrogen-bond acceptors (Lipinski definition) is 7. The van der Waals surface area contributed by atoms with Crippen molar-refractivity contribution in [3.8, 4) is 0 Å². The smallest absolute Gasteiger partial charge is 0.239 e. The molecule has 1 aliphatic rings. The Balaban J connectivity index is 1.57. The number of nitrogens with one attached hydrogen (secondary N) is 1. The zero-order valence-corrected chi connectivity index (χ0v) is 21.0. The fraction of sp³-hybridized carbons (Fsp3) is 0.321. The van der Waals surface area contributed by atoms with Crippen molar-refractivity contribution in [2.24, 2.45) is 5.84 Å². The summed E-state index contributed by atoms with van der Waals surface area (Å²) in [5, 5.41) is 0. The molecule has 3 heterocycles. The Labute approximate surface area is 215 Å². The van der Waals surface area contributed by atoms with E-state index in [-0.39, 0.29) is 29.8 Å². The maximum atomic E-state index is 13.8. The van der Waals surface area contributed by atoms with E-state index in [4.69, 9.17) is 10.8 Å². The van der Waals surface area contributed by atoms with Crippen molar-refractivity contribution in [1.82, 2.24) is 19.9 Å². The molecule has 0 saturated carbocycles. The van der Waals surface area contributed by atoms with E-state index in [1.54, 1.807) is 6.20 Å². The van der Waals surface area contributed by atoms with Crippen LogP contribution in [0.25, 0.3) is 11.0 Å².